The predicted molar refractivity (Wildman–Crippen MR) is 106 cm³/mol. The van der Waals surface area contributed by atoms with Crippen molar-refractivity contribution < 1.29 is 23.7 Å². The zero-order valence-corrected chi connectivity index (χ0v) is 17.3. The van der Waals surface area contributed by atoms with Crippen LogP contribution >= 0.6 is 0 Å². The van der Waals surface area contributed by atoms with E-state index in [1.54, 1.807) is 7.11 Å². The van der Waals surface area contributed by atoms with E-state index in [4.69, 9.17) is 18.9 Å². The molecule has 0 bridgehead atoms. The number of methoxy groups -OCH3 is 1. The molecule has 0 radical (unpaired) electrons. The second-order valence-electron chi connectivity index (χ2n) is 6.72. The van der Waals surface area contributed by atoms with E-state index < -0.39 is 0 Å². The van der Waals surface area contributed by atoms with E-state index in [1.807, 2.05) is 0 Å². The summed E-state index contributed by atoms with van der Waals surface area (Å²) < 4.78 is 20.6. The van der Waals surface area contributed by atoms with Gasteiger partial charge in [-0.15, -0.1) is 0 Å². The first-order valence-electron chi connectivity index (χ1n) is 10.6. The van der Waals surface area contributed by atoms with Gasteiger partial charge in [0, 0.05) is 13.5 Å². The van der Waals surface area contributed by atoms with Crippen molar-refractivity contribution in [1.29, 1.82) is 0 Å². The maximum absolute atomic E-state index is 11.6. The summed E-state index contributed by atoms with van der Waals surface area (Å²) in [6, 6.07) is 0. The van der Waals surface area contributed by atoms with Crippen LogP contribution in [0.5, 0.6) is 0 Å². The average Bonchev–Trinajstić information content (AvgIpc) is 2.64. The molecule has 0 saturated carbocycles. The molecule has 0 aromatic heterocycles. The van der Waals surface area contributed by atoms with Crippen LogP contribution in [0.1, 0.15) is 84.0 Å². The Morgan fingerprint density at radius 1 is 0.615 bits per heavy atom. The molecule has 0 aliphatic carbocycles. The molecule has 0 fully saturated rings. The van der Waals surface area contributed by atoms with Crippen molar-refractivity contribution in [2.75, 3.05) is 46.8 Å². The van der Waals surface area contributed by atoms with Crippen LogP contribution in [0.2, 0.25) is 0 Å². The van der Waals surface area contributed by atoms with Gasteiger partial charge in [-0.05, 0) is 6.42 Å². The zero-order chi connectivity index (χ0) is 19.1. The van der Waals surface area contributed by atoms with Crippen LogP contribution in [0.4, 0.5) is 0 Å². The van der Waals surface area contributed by atoms with Gasteiger partial charge in [-0.25, -0.2) is 0 Å². The number of hydrogen-bond acceptors (Lipinski definition) is 5. The molecule has 0 atom stereocenters. The first kappa shape index (κ1) is 25.4. The van der Waals surface area contributed by atoms with Crippen molar-refractivity contribution in [3.8, 4) is 0 Å². The second-order valence-corrected chi connectivity index (χ2v) is 6.72. The molecule has 0 heterocycles. The molecule has 0 unspecified atom stereocenters. The Bertz CT molecular complexity index is 284. The third-order valence-electron chi connectivity index (χ3n) is 4.28. The normalized spacial score (nSPS) is 11.0. The fraction of sp³-hybridized carbons (Fsp3) is 0.952. The molecule has 0 aliphatic heterocycles. The lowest BCUT2D eigenvalue weighted by atomic mass is 10.1. The molecular formula is C21H42O5. The molecule has 156 valence electrons. The van der Waals surface area contributed by atoms with Crippen LogP contribution in [0.25, 0.3) is 0 Å². The zero-order valence-electron chi connectivity index (χ0n) is 17.3. The molecule has 0 aromatic rings. The van der Waals surface area contributed by atoms with Gasteiger partial charge in [-0.2, -0.15) is 0 Å². The van der Waals surface area contributed by atoms with Gasteiger partial charge in [0.15, 0.2) is 0 Å². The molecule has 5 nitrogen and oxygen atoms in total. The molecule has 0 amide bonds. The summed E-state index contributed by atoms with van der Waals surface area (Å²) in [5.74, 6) is -0.110. The van der Waals surface area contributed by atoms with Gasteiger partial charge < -0.3 is 18.9 Å². The van der Waals surface area contributed by atoms with Crippen LogP contribution in [0, 0.1) is 0 Å². The molecule has 0 spiro atoms. The highest BCUT2D eigenvalue weighted by molar-refractivity contribution is 5.69. The van der Waals surface area contributed by atoms with Gasteiger partial charge in [0.05, 0.1) is 33.0 Å². The molecule has 0 N–H and O–H groups in total. The van der Waals surface area contributed by atoms with E-state index in [0.29, 0.717) is 46.1 Å². The number of carbonyl (C=O) groups excluding carboxylic acids is 1. The smallest absolute Gasteiger partial charge is 0.305 e. The van der Waals surface area contributed by atoms with E-state index in [0.717, 1.165) is 12.8 Å². The summed E-state index contributed by atoms with van der Waals surface area (Å²) in [6.45, 7) is 5.24. The molecule has 0 aliphatic rings. The highest BCUT2D eigenvalue weighted by atomic mass is 16.6. The largest absolute Gasteiger partial charge is 0.463 e. The van der Waals surface area contributed by atoms with E-state index in [-0.39, 0.29) is 5.97 Å². The van der Waals surface area contributed by atoms with Gasteiger partial charge in [0.2, 0.25) is 0 Å². The van der Waals surface area contributed by atoms with Crippen molar-refractivity contribution >= 4 is 5.97 Å². The number of carbonyl (C=O) groups is 1. The van der Waals surface area contributed by atoms with Gasteiger partial charge in [0.1, 0.15) is 6.61 Å². The molecular weight excluding hydrogens is 332 g/mol. The Labute approximate surface area is 161 Å². The van der Waals surface area contributed by atoms with Crippen LogP contribution in [-0.4, -0.2) is 52.7 Å². The number of esters is 1. The molecule has 5 heteroatoms. The topological polar surface area (TPSA) is 54.0 Å². The Kier molecular flexibility index (Phi) is 21.8. The number of rotatable bonds is 21. The van der Waals surface area contributed by atoms with E-state index in [1.165, 1.54) is 57.8 Å². The predicted octanol–water partition coefficient (Wildman–Crippen LogP) is 4.91. The highest BCUT2D eigenvalue weighted by Gasteiger charge is 2.02. The van der Waals surface area contributed by atoms with Crippen molar-refractivity contribution in [3.05, 3.63) is 0 Å². The van der Waals surface area contributed by atoms with Crippen LogP contribution in [-0.2, 0) is 23.7 Å². The SMILES string of the molecule is CCCCCCCCCCCCCC(=O)OCCOCCOCCOC. The molecule has 0 saturated heterocycles. The summed E-state index contributed by atoms with van der Waals surface area (Å²) in [6.07, 6.45) is 14.7. The Hall–Kier alpha value is -0.650. The summed E-state index contributed by atoms with van der Waals surface area (Å²) in [4.78, 5) is 11.6. The second kappa shape index (κ2) is 22.4. The van der Waals surface area contributed by atoms with Crippen LogP contribution in [0.3, 0.4) is 0 Å². The standard InChI is InChI=1S/C21H42O5/c1-3-4-5-6-7-8-9-10-11-12-13-14-21(22)26-20-19-25-18-17-24-16-15-23-2/h3-20H2,1-2H3. The summed E-state index contributed by atoms with van der Waals surface area (Å²) >= 11 is 0. The lowest BCUT2D eigenvalue weighted by Gasteiger charge is -2.07. The fourth-order valence-corrected chi connectivity index (χ4v) is 2.68. The Balaban J connectivity index is 3.13. The first-order valence-corrected chi connectivity index (χ1v) is 10.6. The maximum Gasteiger partial charge on any atom is 0.305 e. The molecule has 0 aromatic carbocycles. The first-order chi connectivity index (χ1) is 12.8. The van der Waals surface area contributed by atoms with Gasteiger partial charge in [0.25, 0.3) is 0 Å². The Morgan fingerprint density at radius 3 is 1.62 bits per heavy atom. The van der Waals surface area contributed by atoms with Gasteiger partial charge in [-0.3, -0.25) is 4.79 Å². The third kappa shape index (κ3) is 21.4. The number of ether oxygens (including phenoxy) is 4. The van der Waals surface area contributed by atoms with Crippen molar-refractivity contribution in [3.63, 3.8) is 0 Å². The highest BCUT2D eigenvalue weighted by Crippen LogP contribution is 2.12. The summed E-state index contributed by atoms with van der Waals surface area (Å²) in [5.41, 5.74) is 0. The summed E-state index contributed by atoms with van der Waals surface area (Å²) in [5, 5.41) is 0. The molecule has 0 rings (SSSR count). The minimum Gasteiger partial charge on any atom is -0.463 e. The maximum atomic E-state index is 11.6. The molecule has 26 heavy (non-hydrogen) atoms. The summed E-state index contributed by atoms with van der Waals surface area (Å²) in [7, 11) is 1.64. The number of hydrogen-bond donors (Lipinski definition) is 0. The van der Waals surface area contributed by atoms with Crippen LogP contribution in [0.15, 0.2) is 0 Å². The Morgan fingerprint density at radius 2 is 1.08 bits per heavy atom. The van der Waals surface area contributed by atoms with Gasteiger partial charge in [-0.1, -0.05) is 71.1 Å². The third-order valence-corrected chi connectivity index (χ3v) is 4.28. The van der Waals surface area contributed by atoms with E-state index >= 15 is 0 Å². The lowest BCUT2D eigenvalue weighted by Crippen LogP contribution is -2.13. The lowest BCUT2D eigenvalue weighted by molar-refractivity contribution is -0.145. The van der Waals surface area contributed by atoms with E-state index in [2.05, 4.69) is 6.92 Å². The minimum atomic E-state index is -0.110. The van der Waals surface area contributed by atoms with Crippen LogP contribution < -0.4 is 0 Å². The number of unbranched alkanes of at least 4 members (excludes halogenated alkanes) is 10. The minimum absolute atomic E-state index is 0.110. The van der Waals surface area contributed by atoms with Crippen molar-refractivity contribution in [2.24, 2.45) is 0 Å². The quantitative estimate of drug-likeness (QED) is 0.211. The van der Waals surface area contributed by atoms with Gasteiger partial charge >= 0.3 is 5.97 Å². The fourth-order valence-electron chi connectivity index (χ4n) is 2.68. The van der Waals surface area contributed by atoms with E-state index in [9.17, 15) is 4.79 Å². The van der Waals surface area contributed by atoms with Crippen molar-refractivity contribution in [2.45, 2.75) is 84.0 Å². The van der Waals surface area contributed by atoms with Crippen molar-refractivity contribution in [1.82, 2.24) is 0 Å². The monoisotopic (exact) mass is 374 g/mol. The average molecular weight is 375 g/mol.